The van der Waals surface area contributed by atoms with Crippen molar-refractivity contribution in [2.24, 2.45) is 0 Å². The van der Waals surface area contributed by atoms with E-state index in [1.165, 1.54) is 6.07 Å². The number of ether oxygens (including phenoxy) is 1. The van der Waals surface area contributed by atoms with E-state index >= 15 is 0 Å². The maximum Gasteiger partial charge on any atom is 0.129 e. The standard InChI is InChI=1S/C17H22FNO2/c1-4-9-19-17(15-7-5-13(18)10-12(15)2)16-8-6-14(21-16)11-20-3/h5-8,10,17,19H,4,9,11H2,1-3H3. The van der Waals surface area contributed by atoms with E-state index in [1.807, 2.05) is 25.1 Å². The Kier molecular flexibility index (Phi) is 5.53. The van der Waals surface area contributed by atoms with Crippen molar-refractivity contribution < 1.29 is 13.5 Å². The molecule has 1 aromatic heterocycles. The topological polar surface area (TPSA) is 34.4 Å². The maximum absolute atomic E-state index is 13.3. The van der Waals surface area contributed by atoms with Crippen molar-refractivity contribution in [1.82, 2.24) is 5.32 Å². The summed E-state index contributed by atoms with van der Waals surface area (Å²) in [6.45, 7) is 5.34. The number of rotatable bonds is 7. The first-order valence-corrected chi connectivity index (χ1v) is 7.22. The molecule has 0 saturated carbocycles. The van der Waals surface area contributed by atoms with Crippen LogP contribution in [0.15, 0.2) is 34.7 Å². The van der Waals surface area contributed by atoms with Crippen LogP contribution in [0.25, 0.3) is 0 Å². The second-order valence-electron chi connectivity index (χ2n) is 5.13. The van der Waals surface area contributed by atoms with Gasteiger partial charge in [-0.25, -0.2) is 4.39 Å². The lowest BCUT2D eigenvalue weighted by Crippen LogP contribution is -2.23. The molecule has 0 bridgehead atoms. The maximum atomic E-state index is 13.3. The molecule has 0 amide bonds. The lowest BCUT2D eigenvalue weighted by molar-refractivity contribution is 0.162. The summed E-state index contributed by atoms with van der Waals surface area (Å²) in [5.74, 6) is 1.39. The molecule has 0 spiro atoms. The summed E-state index contributed by atoms with van der Waals surface area (Å²) in [5, 5.41) is 3.46. The summed E-state index contributed by atoms with van der Waals surface area (Å²) in [7, 11) is 1.64. The molecule has 2 aromatic rings. The van der Waals surface area contributed by atoms with E-state index in [1.54, 1.807) is 13.2 Å². The first-order valence-electron chi connectivity index (χ1n) is 7.22. The third-order valence-electron chi connectivity index (χ3n) is 3.39. The molecular weight excluding hydrogens is 269 g/mol. The van der Waals surface area contributed by atoms with Crippen LogP contribution >= 0.6 is 0 Å². The fraction of sp³-hybridized carbons (Fsp3) is 0.412. The average molecular weight is 291 g/mol. The number of nitrogens with one attached hydrogen (secondary N) is 1. The van der Waals surface area contributed by atoms with E-state index in [-0.39, 0.29) is 11.9 Å². The summed E-state index contributed by atoms with van der Waals surface area (Å²) in [4.78, 5) is 0. The van der Waals surface area contributed by atoms with Gasteiger partial charge in [-0.15, -0.1) is 0 Å². The molecule has 2 rings (SSSR count). The number of aryl methyl sites for hydroxylation is 1. The first kappa shape index (κ1) is 15.7. The van der Waals surface area contributed by atoms with E-state index in [0.29, 0.717) is 6.61 Å². The Hall–Kier alpha value is -1.65. The highest BCUT2D eigenvalue weighted by molar-refractivity contribution is 5.34. The van der Waals surface area contributed by atoms with Gasteiger partial charge in [0.1, 0.15) is 23.9 Å². The monoisotopic (exact) mass is 291 g/mol. The molecule has 0 radical (unpaired) electrons. The number of furan rings is 1. The van der Waals surface area contributed by atoms with E-state index in [0.717, 1.165) is 35.6 Å². The second kappa shape index (κ2) is 7.38. The van der Waals surface area contributed by atoms with Gasteiger partial charge in [-0.3, -0.25) is 0 Å². The molecule has 21 heavy (non-hydrogen) atoms. The minimum atomic E-state index is -0.218. The van der Waals surface area contributed by atoms with Crippen LogP contribution in [0.4, 0.5) is 4.39 Å². The fourth-order valence-electron chi connectivity index (χ4n) is 2.38. The van der Waals surface area contributed by atoms with E-state index < -0.39 is 0 Å². The van der Waals surface area contributed by atoms with Crippen LogP contribution in [0.2, 0.25) is 0 Å². The van der Waals surface area contributed by atoms with Crippen LogP contribution in [-0.4, -0.2) is 13.7 Å². The Bertz CT molecular complexity index is 580. The summed E-state index contributed by atoms with van der Waals surface area (Å²) in [6.07, 6.45) is 1.02. The van der Waals surface area contributed by atoms with Gasteiger partial charge in [-0.2, -0.15) is 0 Å². The summed E-state index contributed by atoms with van der Waals surface area (Å²) in [6, 6.07) is 8.65. The Balaban J connectivity index is 2.32. The van der Waals surface area contributed by atoms with Gasteiger partial charge in [-0.05, 0) is 55.3 Å². The Morgan fingerprint density at radius 1 is 1.29 bits per heavy atom. The van der Waals surface area contributed by atoms with Crippen molar-refractivity contribution in [2.75, 3.05) is 13.7 Å². The predicted octanol–water partition coefficient (Wildman–Crippen LogP) is 3.96. The van der Waals surface area contributed by atoms with E-state index in [9.17, 15) is 4.39 Å². The largest absolute Gasteiger partial charge is 0.462 e. The number of hydrogen-bond donors (Lipinski definition) is 1. The Labute approximate surface area is 125 Å². The van der Waals surface area contributed by atoms with Crippen molar-refractivity contribution in [1.29, 1.82) is 0 Å². The van der Waals surface area contributed by atoms with Crippen LogP contribution in [0, 0.1) is 12.7 Å². The van der Waals surface area contributed by atoms with Gasteiger partial charge < -0.3 is 14.5 Å². The molecule has 1 unspecified atom stereocenters. The van der Waals surface area contributed by atoms with Crippen LogP contribution in [-0.2, 0) is 11.3 Å². The minimum absolute atomic E-state index is 0.0730. The molecule has 0 aliphatic carbocycles. The predicted molar refractivity (Wildman–Crippen MR) is 80.7 cm³/mol. The lowest BCUT2D eigenvalue weighted by atomic mass is 9.99. The number of methoxy groups -OCH3 is 1. The first-order chi connectivity index (χ1) is 10.2. The smallest absolute Gasteiger partial charge is 0.129 e. The molecule has 0 aliphatic heterocycles. The zero-order valence-corrected chi connectivity index (χ0v) is 12.8. The van der Waals surface area contributed by atoms with Gasteiger partial charge >= 0.3 is 0 Å². The molecule has 1 atom stereocenters. The van der Waals surface area contributed by atoms with Crippen LogP contribution in [0.3, 0.4) is 0 Å². The van der Waals surface area contributed by atoms with Gasteiger partial charge in [0.05, 0.1) is 6.04 Å². The fourth-order valence-corrected chi connectivity index (χ4v) is 2.38. The third kappa shape index (κ3) is 3.93. The van der Waals surface area contributed by atoms with Gasteiger partial charge in [0, 0.05) is 7.11 Å². The normalized spacial score (nSPS) is 12.6. The van der Waals surface area contributed by atoms with Gasteiger partial charge in [0.2, 0.25) is 0 Å². The lowest BCUT2D eigenvalue weighted by Gasteiger charge is -2.19. The molecule has 4 heteroatoms. The van der Waals surface area contributed by atoms with Gasteiger partial charge in [0.25, 0.3) is 0 Å². The third-order valence-corrected chi connectivity index (χ3v) is 3.39. The number of hydrogen-bond acceptors (Lipinski definition) is 3. The summed E-state index contributed by atoms with van der Waals surface area (Å²) >= 11 is 0. The summed E-state index contributed by atoms with van der Waals surface area (Å²) < 4.78 is 24.2. The van der Waals surface area contributed by atoms with Crippen molar-refractivity contribution in [3.8, 4) is 0 Å². The zero-order chi connectivity index (χ0) is 15.2. The Morgan fingerprint density at radius 3 is 2.76 bits per heavy atom. The highest BCUT2D eigenvalue weighted by Crippen LogP contribution is 2.27. The SMILES string of the molecule is CCCNC(c1ccc(COC)o1)c1ccc(F)cc1C. The second-order valence-corrected chi connectivity index (χ2v) is 5.13. The van der Waals surface area contributed by atoms with Crippen LogP contribution in [0.1, 0.15) is 42.0 Å². The molecule has 0 saturated heterocycles. The quantitative estimate of drug-likeness (QED) is 0.838. The Morgan fingerprint density at radius 2 is 2.10 bits per heavy atom. The highest BCUT2D eigenvalue weighted by atomic mass is 19.1. The van der Waals surface area contributed by atoms with Crippen molar-refractivity contribution >= 4 is 0 Å². The molecule has 1 heterocycles. The van der Waals surface area contributed by atoms with E-state index in [4.69, 9.17) is 9.15 Å². The molecule has 0 fully saturated rings. The molecule has 0 aliphatic rings. The molecular formula is C17H22FNO2. The number of halogens is 1. The van der Waals surface area contributed by atoms with Crippen LogP contribution in [0.5, 0.6) is 0 Å². The molecule has 3 nitrogen and oxygen atoms in total. The summed E-state index contributed by atoms with van der Waals surface area (Å²) in [5.41, 5.74) is 1.94. The van der Waals surface area contributed by atoms with Crippen molar-refractivity contribution in [3.63, 3.8) is 0 Å². The molecule has 1 aromatic carbocycles. The molecule has 1 N–H and O–H groups in total. The van der Waals surface area contributed by atoms with Crippen molar-refractivity contribution in [2.45, 2.75) is 32.9 Å². The molecule has 114 valence electrons. The van der Waals surface area contributed by atoms with Gasteiger partial charge in [0.15, 0.2) is 0 Å². The van der Waals surface area contributed by atoms with E-state index in [2.05, 4.69) is 12.2 Å². The van der Waals surface area contributed by atoms with Crippen LogP contribution < -0.4 is 5.32 Å². The zero-order valence-electron chi connectivity index (χ0n) is 12.8. The van der Waals surface area contributed by atoms with Gasteiger partial charge in [-0.1, -0.05) is 13.0 Å². The average Bonchev–Trinajstić information content (AvgIpc) is 2.90. The highest BCUT2D eigenvalue weighted by Gasteiger charge is 2.19. The number of benzene rings is 1. The minimum Gasteiger partial charge on any atom is -0.462 e. The van der Waals surface area contributed by atoms with Crippen molar-refractivity contribution in [3.05, 3.63) is 58.8 Å².